The van der Waals surface area contributed by atoms with Crippen LogP contribution in [0.15, 0.2) is 29.1 Å². The molecule has 0 bridgehead atoms. The molecule has 0 radical (unpaired) electrons. The van der Waals surface area contributed by atoms with Crippen LogP contribution in [0.4, 0.5) is 0 Å². The van der Waals surface area contributed by atoms with Crippen molar-refractivity contribution in [3.05, 3.63) is 51.3 Å². The molecule has 7 heteroatoms. The second-order valence-electron chi connectivity index (χ2n) is 6.70. The van der Waals surface area contributed by atoms with Gasteiger partial charge in [-0.25, -0.2) is 0 Å². The summed E-state index contributed by atoms with van der Waals surface area (Å²) in [5.74, 6) is 0.0195. The van der Waals surface area contributed by atoms with Crippen LogP contribution in [0.5, 0.6) is 17.4 Å². The molecule has 1 aromatic heterocycles. The normalized spacial score (nSPS) is 15.1. The Morgan fingerprint density at radius 2 is 2.04 bits per heavy atom. The van der Waals surface area contributed by atoms with Gasteiger partial charge >= 0.3 is 0 Å². The molecular weight excluding hydrogens is 360 g/mol. The number of aromatic nitrogens is 1. The molecule has 1 aliphatic rings. The molecule has 7 nitrogen and oxygen atoms in total. The van der Waals surface area contributed by atoms with Crippen molar-refractivity contribution in [2.24, 2.45) is 0 Å². The van der Waals surface area contributed by atoms with Crippen molar-refractivity contribution < 1.29 is 19.4 Å². The fourth-order valence-electron chi connectivity index (χ4n) is 3.28. The van der Waals surface area contributed by atoms with E-state index >= 15 is 0 Å². The number of unbranched alkanes of at least 4 members (excludes halogenated alkanes) is 2. The van der Waals surface area contributed by atoms with Crippen molar-refractivity contribution in [1.82, 2.24) is 4.57 Å². The summed E-state index contributed by atoms with van der Waals surface area (Å²) in [6.45, 7) is 3.72. The molecule has 1 aliphatic heterocycles. The van der Waals surface area contributed by atoms with Crippen molar-refractivity contribution in [2.75, 3.05) is 6.61 Å². The lowest BCUT2D eigenvalue weighted by Crippen LogP contribution is -2.38. The number of ether oxygens (including phenoxy) is 2. The lowest BCUT2D eigenvalue weighted by molar-refractivity contribution is 0.0581. The fraction of sp³-hybridized carbons (Fsp3) is 0.381. The third kappa shape index (κ3) is 3.46. The van der Waals surface area contributed by atoms with E-state index < -0.39 is 23.3 Å². The highest BCUT2D eigenvalue weighted by Crippen LogP contribution is 2.33. The summed E-state index contributed by atoms with van der Waals surface area (Å²) in [4.78, 5) is 25.7. The number of fused-ring (bicyclic) bond motifs is 1. The number of hydrogen-bond donors (Lipinski definition) is 1. The smallest absolute Gasteiger partial charge is 0.271 e. The van der Waals surface area contributed by atoms with Gasteiger partial charge in [-0.1, -0.05) is 31.9 Å². The number of pyridine rings is 1. The molecule has 0 saturated carbocycles. The number of Topliss-reactive ketones (excluding diaryl/α,β-unsaturated/α-hetero) is 1. The van der Waals surface area contributed by atoms with Gasteiger partial charge in [-0.15, -0.1) is 0 Å². The second kappa shape index (κ2) is 8.17. The van der Waals surface area contributed by atoms with Gasteiger partial charge in [0.2, 0.25) is 11.7 Å². The van der Waals surface area contributed by atoms with Crippen LogP contribution >= 0.6 is 0 Å². The molecule has 0 amide bonds. The number of nitriles is 1. The number of ketones is 1. The molecule has 0 aliphatic carbocycles. The average molecular weight is 382 g/mol. The maximum absolute atomic E-state index is 13.1. The first-order chi connectivity index (χ1) is 13.5. The van der Waals surface area contributed by atoms with Gasteiger partial charge in [0, 0.05) is 6.54 Å². The lowest BCUT2D eigenvalue weighted by atomic mass is 9.98. The van der Waals surface area contributed by atoms with E-state index in [1.807, 2.05) is 13.0 Å². The van der Waals surface area contributed by atoms with Gasteiger partial charge in [-0.3, -0.25) is 14.2 Å². The molecule has 28 heavy (non-hydrogen) atoms. The lowest BCUT2D eigenvalue weighted by Gasteiger charge is -2.26. The molecule has 1 unspecified atom stereocenters. The predicted molar refractivity (Wildman–Crippen MR) is 102 cm³/mol. The molecule has 2 heterocycles. The average Bonchev–Trinajstić information content (AvgIpc) is 2.70. The van der Waals surface area contributed by atoms with Gasteiger partial charge < -0.3 is 14.6 Å². The maximum atomic E-state index is 13.1. The van der Waals surface area contributed by atoms with E-state index in [4.69, 9.17) is 9.47 Å². The van der Waals surface area contributed by atoms with Crippen LogP contribution in [0.25, 0.3) is 0 Å². The third-order valence-electron chi connectivity index (χ3n) is 4.83. The first-order valence-corrected chi connectivity index (χ1v) is 9.28. The van der Waals surface area contributed by atoms with Gasteiger partial charge in [0.1, 0.15) is 18.2 Å². The van der Waals surface area contributed by atoms with E-state index in [0.29, 0.717) is 17.9 Å². The molecule has 0 spiro atoms. The van der Waals surface area contributed by atoms with Gasteiger partial charge in [0.25, 0.3) is 5.56 Å². The van der Waals surface area contributed by atoms with Crippen LogP contribution in [-0.4, -0.2) is 28.2 Å². The second-order valence-corrected chi connectivity index (χ2v) is 6.70. The Balaban J connectivity index is 2.01. The minimum atomic E-state index is -0.979. The highest BCUT2D eigenvalue weighted by Gasteiger charge is 2.33. The summed E-state index contributed by atoms with van der Waals surface area (Å²) in [5.41, 5.74) is -0.643. The summed E-state index contributed by atoms with van der Waals surface area (Å²) < 4.78 is 12.4. The topological polar surface area (TPSA) is 102 Å². The molecular formula is C21H22N2O5. The minimum absolute atomic E-state index is 0.0222. The van der Waals surface area contributed by atoms with E-state index in [2.05, 4.69) is 0 Å². The Morgan fingerprint density at radius 3 is 2.71 bits per heavy atom. The van der Waals surface area contributed by atoms with Crippen molar-refractivity contribution in [3.8, 4) is 23.4 Å². The number of rotatable bonds is 6. The van der Waals surface area contributed by atoms with Crippen LogP contribution in [0, 0.1) is 18.3 Å². The zero-order valence-corrected chi connectivity index (χ0v) is 15.9. The Kier molecular flexibility index (Phi) is 5.69. The summed E-state index contributed by atoms with van der Waals surface area (Å²) in [6, 6.07) is 8.85. The number of aromatic hydroxyl groups is 1. The molecule has 0 fully saturated rings. The van der Waals surface area contributed by atoms with Crippen molar-refractivity contribution >= 4 is 5.78 Å². The number of nitrogens with zero attached hydrogens (tertiary/aromatic N) is 2. The van der Waals surface area contributed by atoms with E-state index in [1.165, 1.54) is 6.92 Å². The standard InChI is InChI=1S/C21H22N2O5/c1-3-4-7-10-23-20(25)14(11-22)13(2)18(21(23)26)19(24)17-12-27-15-8-5-6-9-16(15)28-17/h5-6,8-9,17,26H,3-4,7,10,12H2,1-2H3. The summed E-state index contributed by atoms with van der Waals surface area (Å²) in [6.07, 6.45) is 1.47. The quantitative estimate of drug-likeness (QED) is 0.609. The number of benzene rings is 1. The van der Waals surface area contributed by atoms with Crippen molar-refractivity contribution in [2.45, 2.75) is 45.8 Å². The van der Waals surface area contributed by atoms with E-state index in [-0.39, 0.29) is 29.8 Å². The Hall–Kier alpha value is -3.27. The van der Waals surface area contributed by atoms with E-state index in [1.54, 1.807) is 24.3 Å². The molecule has 0 saturated heterocycles. The molecule has 1 aromatic carbocycles. The SMILES string of the molecule is CCCCCn1c(O)c(C(=O)C2COc3ccccc3O2)c(C)c(C#N)c1=O. The summed E-state index contributed by atoms with van der Waals surface area (Å²) in [5, 5.41) is 20.1. The number of para-hydroxylation sites is 2. The first kappa shape index (κ1) is 19.5. The third-order valence-corrected chi connectivity index (χ3v) is 4.83. The van der Waals surface area contributed by atoms with Crippen LogP contribution in [0.3, 0.4) is 0 Å². The van der Waals surface area contributed by atoms with Gasteiger partial charge in [0.15, 0.2) is 17.6 Å². The highest BCUT2D eigenvalue weighted by molar-refractivity contribution is 6.03. The maximum Gasteiger partial charge on any atom is 0.271 e. The van der Waals surface area contributed by atoms with Gasteiger partial charge in [0.05, 0.1) is 5.56 Å². The first-order valence-electron chi connectivity index (χ1n) is 9.28. The molecule has 1 N–H and O–H groups in total. The number of carbonyl (C=O) groups is 1. The fourth-order valence-corrected chi connectivity index (χ4v) is 3.28. The van der Waals surface area contributed by atoms with E-state index in [0.717, 1.165) is 17.4 Å². The van der Waals surface area contributed by atoms with Gasteiger partial charge in [-0.2, -0.15) is 5.26 Å². The monoisotopic (exact) mass is 382 g/mol. The van der Waals surface area contributed by atoms with Crippen LogP contribution < -0.4 is 15.0 Å². The Labute approximate surface area is 162 Å². The summed E-state index contributed by atoms with van der Waals surface area (Å²) >= 11 is 0. The number of hydrogen-bond acceptors (Lipinski definition) is 6. The highest BCUT2D eigenvalue weighted by atomic mass is 16.6. The molecule has 1 atom stereocenters. The van der Waals surface area contributed by atoms with Crippen molar-refractivity contribution in [3.63, 3.8) is 0 Å². The Bertz CT molecular complexity index is 1000. The zero-order valence-electron chi connectivity index (χ0n) is 15.9. The molecule has 146 valence electrons. The zero-order chi connectivity index (χ0) is 20.3. The van der Waals surface area contributed by atoms with Gasteiger partial charge in [-0.05, 0) is 31.0 Å². The molecule has 3 rings (SSSR count). The minimum Gasteiger partial charge on any atom is -0.494 e. The largest absolute Gasteiger partial charge is 0.494 e. The number of carbonyl (C=O) groups excluding carboxylic acids is 1. The van der Waals surface area contributed by atoms with Crippen molar-refractivity contribution in [1.29, 1.82) is 5.26 Å². The van der Waals surface area contributed by atoms with Crippen LogP contribution in [-0.2, 0) is 6.54 Å². The van der Waals surface area contributed by atoms with Crippen LogP contribution in [0.1, 0.15) is 47.7 Å². The Morgan fingerprint density at radius 1 is 1.32 bits per heavy atom. The molecule has 2 aromatic rings. The van der Waals surface area contributed by atoms with E-state index in [9.17, 15) is 20.0 Å². The van der Waals surface area contributed by atoms with Crippen LogP contribution in [0.2, 0.25) is 0 Å². The summed E-state index contributed by atoms with van der Waals surface area (Å²) in [7, 11) is 0. The predicted octanol–water partition coefficient (Wildman–Crippen LogP) is 2.95.